The summed E-state index contributed by atoms with van der Waals surface area (Å²) in [6.07, 6.45) is 0.289. The predicted molar refractivity (Wildman–Crippen MR) is 86.5 cm³/mol. The van der Waals surface area contributed by atoms with Crippen LogP contribution in [0.4, 0.5) is 0 Å². The van der Waals surface area contributed by atoms with Crippen LogP contribution >= 0.6 is 0 Å². The monoisotopic (exact) mass is 301 g/mol. The third kappa shape index (κ3) is 2.98. The minimum Gasteiger partial charge on any atom is -0.471 e. The van der Waals surface area contributed by atoms with Crippen LogP contribution in [0.25, 0.3) is 0 Å². The van der Waals surface area contributed by atoms with Crippen molar-refractivity contribution < 1.29 is 9.47 Å². The van der Waals surface area contributed by atoms with Crippen molar-refractivity contribution in [3.05, 3.63) is 29.6 Å². The molecule has 0 radical (unpaired) electrons. The van der Waals surface area contributed by atoms with Gasteiger partial charge in [-0.2, -0.15) is 0 Å². The topological polar surface area (TPSA) is 56.1 Å². The Kier molecular flexibility index (Phi) is 4.14. The van der Waals surface area contributed by atoms with E-state index in [1.165, 1.54) is 0 Å². The maximum absolute atomic E-state index is 5.89. The SMILES string of the molecule is CC(C)[C@H]1CN=C(c2cccc(C3=NC[C@H](C(C)C)O3)n2)O1. The van der Waals surface area contributed by atoms with Gasteiger partial charge in [0.25, 0.3) is 0 Å². The highest BCUT2D eigenvalue weighted by Gasteiger charge is 2.27. The number of aromatic nitrogens is 1. The Balaban J connectivity index is 1.75. The van der Waals surface area contributed by atoms with Crippen LogP contribution < -0.4 is 0 Å². The highest BCUT2D eigenvalue weighted by atomic mass is 16.5. The third-order valence-corrected chi connectivity index (χ3v) is 4.03. The summed E-state index contributed by atoms with van der Waals surface area (Å²) in [5.74, 6) is 2.14. The Morgan fingerprint density at radius 1 is 0.864 bits per heavy atom. The molecule has 3 heterocycles. The lowest BCUT2D eigenvalue weighted by Gasteiger charge is -2.15. The van der Waals surface area contributed by atoms with Gasteiger partial charge in [-0.1, -0.05) is 33.8 Å². The Bertz CT molecular complexity index is 558. The smallest absolute Gasteiger partial charge is 0.235 e. The molecule has 0 bridgehead atoms. The summed E-state index contributed by atoms with van der Waals surface area (Å²) in [5, 5.41) is 0. The van der Waals surface area contributed by atoms with Gasteiger partial charge in [-0.05, 0) is 24.0 Å². The van der Waals surface area contributed by atoms with Crippen LogP contribution in [0.3, 0.4) is 0 Å². The second-order valence-corrected chi connectivity index (χ2v) is 6.50. The van der Waals surface area contributed by atoms with Crippen LogP contribution in [0.5, 0.6) is 0 Å². The Hall–Kier alpha value is -1.91. The second kappa shape index (κ2) is 6.07. The largest absolute Gasteiger partial charge is 0.471 e. The van der Waals surface area contributed by atoms with Crippen LogP contribution in [0.15, 0.2) is 28.2 Å². The minimum absolute atomic E-state index is 0.144. The van der Waals surface area contributed by atoms with E-state index >= 15 is 0 Å². The van der Waals surface area contributed by atoms with Gasteiger partial charge in [0.1, 0.15) is 23.6 Å². The van der Waals surface area contributed by atoms with E-state index in [0.29, 0.717) is 36.7 Å². The maximum atomic E-state index is 5.89. The normalized spacial score (nSPS) is 24.3. The third-order valence-electron chi connectivity index (χ3n) is 4.03. The number of aliphatic imine (C=N–C) groups is 2. The molecule has 1 aromatic rings. The highest BCUT2D eigenvalue weighted by molar-refractivity contribution is 5.97. The van der Waals surface area contributed by atoms with Gasteiger partial charge < -0.3 is 9.47 Å². The van der Waals surface area contributed by atoms with Gasteiger partial charge in [-0.3, -0.25) is 0 Å². The van der Waals surface area contributed by atoms with Crippen molar-refractivity contribution in [2.24, 2.45) is 21.8 Å². The van der Waals surface area contributed by atoms with Crippen LogP contribution in [-0.4, -0.2) is 42.1 Å². The van der Waals surface area contributed by atoms with E-state index in [0.717, 1.165) is 11.4 Å². The molecule has 0 spiro atoms. The van der Waals surface area contributed by atoms with Crippen LogP contribution in [-0.2, 0) is 9.47 Å². The fourth-order valence-corrected chi connectivity index (χ4v) is 2.43. The number of hydrogen-bond acceptors (Lipinski definition) is 5. The van der Waals surface area contributed by atoms with E-state index < -0.39 is 0 Å². The lowest BCUT2D eigenvalue weighted by atomic mass is 10.1. The molecule has 0 saturated carbocycles. The summed E-state index contributed by atoms with van der Waals surface area (Å²) in [5.41, 5.74) is 1.50. The van der Waals surface area contributed by atoms with Gasteiger partial charge >= 0.3 is 0 Å². The molecule has 2 atom stereocenters. The first-order chi connectivity index (χ1) is 10.5. The van der Waals surface area contributed by atoms with E-state index in [-0.39, 0.29) is 12.2 Å². The van der Waals surface area contributed by atoms with E-state index in [9.17, 15) is 0 Å². The Labute approximate surface area is 131 Å². The number of rotatable bonds is 4. The highest BCUT2D eigenvalue weighted by Crippen LogP contribution is 2.19. The van der Waals surface area contributed by atoms with E-state index in [1.807, 2.05) is 18.2 Å². The Morgan fingerprint density at radius 2 is 1.32 bits per heavy atom. The maximum Gasteiger partial charge on any atom is 0.235 e. The molecule has 0 aliphatic carbocycles. The zero-order valence-electron chi connectivity index (χ0n) is 13.6. The van der Waals surface area contributed by atoms with Gasteiger partial charge in [0.15, 0.2) is 0 Å². The van der Waals surface area contributed by atoms with E-state index in [4.69, 9.17) is 9.47 Å². The Morgan fingerprint density at radius 3 is 1.68 bits per heavy atom. The fourth-order valence-electron chi connectivity index (χ4n) is 2.43. The summed E-state index contributed by atoms with van der Waals surface area (Å²) in [7, 11) is 0. The molecule has 5 nitrogen and oxygen atoms in total. The summed E-state index contributed by atoms with van der Waals surface area (Å²) in [6.45, 7) is 9.96. The molecular weight excluding hydrogens is 278 g/mol. The van der Waals surface area contributed by atoms with Crippen LogP contribution in [0.1, 0.15) is 39.1 Å². The first-order valence-corrected chi connectivity index (χ1v) is 7.94. The molecule has 1 aromatic heterocycles. The average Bonchev–Trinajstić information content (AvgIpc) is 3.17. The average molecular weight is 301 g/mol. The molecule has 0 aromatic carbocycles. The standard InChI is InChI=1S/C17H23N3O2/c1-10(2)14-8-18-16(21-14)12-6-5-7-13(20-12)17-19-9-15(22-17)11(3)4/h5-7,10-11,14-15H,8-9H2,1-4H3/t14-,15-/m1/s1. The molecule has 3 rings (SSSR count). The lowest BCUT2D eigenvalue weighted by molar-refractivity contribution is 0.170. The van der Waals surface area contributed by atoms with Crippen molar-refractivity contribution in [2.75, 3.05) is 13.1 Å². The van der Waals surface area contributed by atoms with Gasteiger partial charge in [0.05, 0.1) is 13.1 Å². The molecule has 22 heavy (non-hydrogen) atoms. The van der Waals surface area contributed by atoms with Gasteiger partial charge in [-0.15, -0.1) is 0 Å². The first-order valence-electron chi connectivity index (χ1n) is 7.94. The quantitative estimate of drug-likeness (QED) is 0.859. The zero-order chi connectivity index (χ0) is 15.7. The van der Waals surface area contributed by atoms with Crippen molar-refractivity contribution >= 4 is 11.8 Å². The van der Waals surface area contributed by atoms with Gasteiger partial charge in [0, 0.05) is 0 Å². The minimum atomic E-state index is 0.144. The molecule has 2 aliphatic heterocycles. The summed E-state index contributed by atoms with van der Waals surface area (Å²) < 4.78 is 11.8. The molecule has 0 saturated heterocycles. The summed E-state index contributed by atoms with van der Waals surface area (Å²) in [4.78, 5) is 13.6. The van der Waals surface area contributed by atoms with Gasteiger partial charge in [0.2, 0.25) is 11.8 Å². The molecule has 0 amide bonds. The molecule has 5 heteroatoms. The number of pyridine rings is 1. The lowest BCUT2D eigenvalue weighted by Crippen LogP contribution is -2.21. The summed E-state index contributed by atoms with van der Waals surface area (Å²) in [6, 6.07) is 5.78. The molecule has 0 N–H and O–H groups in total. The van der Waals surface area contributed by atoms with Crippen molar-refractivity contribution in [1.29, 1.82) is 0 Å². The predicted octanol–water partition coefficient (Wildman–Crippen LogP) is 2.68. The second-order valence-electron chi connectivity index (χ2n) is 6.50. The first kappa shape index (κ1) is 15.0. The van der Waals surface area contributed by atoms with E-state index in [1.54, 1.807) is 0 Å². The van der Waals surface area contributed by atoms with Crippen LogP contribution in [0, 0.1) is 11.8 Å². The number of nitrogens with zero attached hydrogens (tertiary/aromatic N) is 3. The van der Waals surface area contributed by atoms with Crippen molar-refractivity contribution in [1.82, 2.24) is 4.98 Å². The van der Waals surface area contributed by atoms with Crippen molar-refractivity contribution in [3.63, 3.8) is 0 Å². The molecule has 2 aliphatic rings. The number of hydrogen-bond donors (Lipinski definition) is 0. The van der Waals surface area contributed by atoms with Crippen LogP contribution in [0.2, 0.25) is 0 Å². The fraction of sp³-hybridized carbons (Fsp3) is 0.588. The molecular formula is C17H23N3O2. The van der Waals surface area contributed by atoms with Gasteiger partial charge in [-0.25, -0.2) is 15.0 Å². The van der Waals surface area contributed by atoms with E-state index in [2.05, 4.69) is 42.7 Å². The molecule has 118 valence electrons. The van der Waals surface area contributed by atoms with Crippen molar-refractivity contribution in [2.45, 2.75) is 39.9 Å². The zero-order valence-corrected chi connectivity index (χ0v) is 13.6. The molecule has 0 unspecified atom stereocenters. The summed E-state index contributed by atoms with van der Waals surface area (Å²) >= 11 is 0. The molecule has 0 fully saturated rings. The number of ether oxygens (including phenoxy) is 2. The van der Waals surface area contributed by atoms with Crippen molar-refractivity contribution in [3.8, 4) is 0 Å².